The fourth-order valence-electron chi connectivity index (χ4n) is 2.68. The normalized spacial score (nSPS) is 12.0. The molecule has 0 rings (SSSR count). The summed E-state index contributed by atoms with van der Waals surface area (Å²) < 4.78 is 34.9. The van der Waals surface area contributed by atoms with Gasteiger partial charge in [0.2, 0.25) is 0 Å². The summed E-state index contributed by atoms with van der Waals surface area (Å²) >= 11 is 6.87. The summed E-state index contributed by atoms with van der Waals surface area (Å²) in [4.78, 5) is 0. The Balaban J connectivity index is 0. The summed E-state index contributed by atoms with van der Waals surface area (Å²) in [6.07, 6.45) is 5.10. The zero-order chi connectivity index (χ0) is 23.8. The van der Waals surface area contributed by atoms with Crippen molar-refractivity contribution in [1.82, 2.24) is 0 Å². The highest BCUT2D eigenvalue weighted by atomic mass is 79.9. The van der Waals surface area contributed by atoms with Crippen LogP contribution in [0.25, 0.3) is 0 Å². The monoisotopic (exact) mass is 610 g/mol. The standard InChI is InChI=1S/C12H27BrO3Si.C9H21BrO3Si/c1-4-9-14-17(12-7-8-13,15-10-5-2)16-11-6-3;1-4-11-14(12-5-2,13-6-3)9-7-8-10/h4-12H2,1-3H3;4-9H2,1-3H3. The van der Waals surface area contributed by atoms with E-state index in [2.05, 4.69) is 52.6 Å². The van der Waals surface area contributed by atoms with E-state index in [9.17, 15) is 0 Å². The lowest BCUT2D eigenvalue weighted by Gasteiger charge is -2.29. The van der Waals surface area contributed by atoms with Gasteiger partial charge in [0.15, 0.2) is 0 Å². The number of halogens is 2. The number of rotatable bonds is 21. The van der Waals surface area contributed by atoms with Crippen molar-refractivity contribution in [2.75, 3.05) is 50.3 Å². The first-order valence-corrected chi connectivity index (χ1v) is 18.0. The molecule has 0 amide bonds. The lowest BCUT2D eigenvalue weighted by atomic mass is 10.5. The number of alkyl halides is 2. The average molecular weight is 613 g/mol. The Morgan fingerprint density at radius 1 is 0.484 bits per heavy atom. The first-order chi connectivity index (χ1) is 15.0. The van der Waals surface area contributed by atoms with Crippen LogP contribution < -0.4 is 0 Å². The Bertz CT molecular complexity index is 316. The molecule has 0 spiro atoms. The van der Waals surface area contributed by atoms with E-state index in [0.717, 1.165) is 74.7 Å². The third kappa shape index (κ3) is 18.2. The second-order valence-electron chi connectivity index (χ2n) is 6.80. The van der Waals surface area contributed by atoms with Crippen molar-refractivity contribution in [3.8, 4) is 0 Å². The highest BCUT2D eigenvalue weighted by Crippen LogP contribution is 2.20. The van der Waals surface area contributed by atoms with Crippen LogP contribution in [0.5, 0.6) is 0 Å². The summed E-state index contributed by atoms with van der Waals surface area (Å²) in [6, 6.07) is 1.81. The van der Waals surface area contributed by atoms with Crippen molar-refractivity contribution in [2.45, 2.75) is 85.7 Å². The number of hydrogen-bond donors (Lipinski definition) is 0. The smallest absolute Gasteiger partial charge is 0.374 e. The summed E-state index contributed by atoms with van der Waals surface area (Å²) in [6.45, 7) is 16.5. The van der Waals surface area contributed by atoms with E-state index in [4.69, 9.17) is 26.6 Å². The van der Waals surface area contributed by atoms with Gasteiger partial charge in [-0.1, -0.05) is 52.6 Å². The van der Waals surface area contributed by atoms with E-state index >= 15 is 0 Å². The van der Waals surface area contributed by atoms with Gasteiger partial charge in [-0.05, 0) is 52.9 Å². The molecule has 0 saturated carbocycles. The molecule has 6 nitrogen and oxygen atoms in total. The molecule has 0 saturated heterocycles. The lowest BCUT2D eigenvalue weighted by Crippen LogP contribution is -2.46. The quantitative estimate of drug-likeness (QED) is 0.105. The third-order valence-electron chi connectivity index (χ3n) is 3.90. The fraction of sp³-hybridized carbons (Fsp3) is 1.00. The Morgan fingerprint density at radius 3 is 1.00 bits per heavy atom. The molecule has 0 aromatic heterocycles. The molecule has 190 valence electrons. The Labute approximate surface area is 211 Å². The molecule has 0 N–H and O–H groups in total. The SMILES string of the molecule is CCCO[Si](CCCBr)(OCCC)OCCC.CCO[Si](CCCBr)(OCC)OCC. The topological polar surface area (TPSA) is 55.4 Å². The van der Waals surface area contributed by atoms with Crippen LogP contribution in [0.3, 0.4) is 0 Å². The molecule has 0 aromatic rings. The van der Waals surface area contributed by atoms with E-state index in [-0.39, 0.29) is 0 Å². The van der Waals surface area contributed by atoms with Crippen molar-refractivity contribution < 1.29 is 26.6 Å². The van der Waals surface area contributed by atoms with Crippen molar-refractivity contribution in [3.05, 3.63) is 0 Å². The molecule has 31 heavy (non-hydrogen) atoms. The van der Waals surface area contributed by atoms with E-state index in [0.29, 0.717) is 19.8 Å². The van der Waals surface area contributed by atoms with Crippen LogP contribution in [0, 0.1) is 0 Å². The van der Waals surface area contributed by atoms with Crippen molar-refractivity contribution in [1.29, 1.82) is 0 Å². The van der Waals surface area contributed by atoms with Crippen molar-refractivity contribution >= 4 is 49.5 Å². The van der Waals surface area contributed by atoms with Gasteiger partial charge < -0.3 is 26.6 Å². The minimum absolute atomic E-state index is 0.661. The van der Waals surface area contributed by atoms with Gasteiger partial charge >= 0.3 is 17.6 Å². The maximum Gasteiger partial charge on any atom is 0.500 e. The highest BCUT2D eigenvalue weighted by Gasteiger charge is 2.40. The Hall–Kier alpha value is 1.15. The maximum absolute atomic E-state index is 5.96. The molecular formula is C21H48Br2O6Si2. The molecule has 0 aliphatic rings. The molecule has 0 aliphatic carbocycles. The predicted molar refractivity (Wildman–Crippen MR) is 142 cm³/mol. The largest absolute Gasteiger partial charge is 0.500 e. The van der Waals surface area contributed by atoms with Gasteiger partial charge in [-0.25, -0.2) is 0 Å². The first kappa shape index (κ1) is 34.3. The summed E-state index contributed by atoms with van der Waals surface area (Å²) in [5.41, 5.74) is 0. The minimum atomic E-state index is -2.41. The van der Waals surface area contributed by atoms with Crippen molar-refractivity contribution in [3.63, 3.8) is 0 Å². The summed E-state index contributed by atoms with van der Waals surface area (Å²) in [7, 11) is -4.76. The second kappa shape index (κ2) is 24.3. The van der Waals surface area contributed by atoms with Crippen LogP contribution in [0.4, 0.5) is 0 Å². The van der Waals surface area contributed by atoms with Gasteiger partial charge in [-0.2, -0.15) is 0 Å². The molecule has 0 atom stereocenters. The molecule has 0 aromatic carbocycles. The maximum atomic E-state index is 5.96. The summed E-state index contributed by atoms with van der Waals surface area (Å²) in [5, 5.41) is 1.94. The van der Waals surface area contributed by atoms with Gasteiger partial charge in [-0.15, -0.1) is 0 Å². The molecule has 0 aliphatic heterocycles. The van der Waals surface area contributed by atoms with Gasteiger partial charge in [0.25, 0.3) is 0 Å². The zero-order valence-corrected chi connectivity index (χ0v) is 26.0. The van der Waals surface area contributed by atoms with Crippen LogP contribution in [-0.4, -0.2) is 67.9 Å². The van der Waals surface area contributed by atoms with Crippen LogP contribution in [0.2, 0.25) is 12.1 Å². The van der Waals surface area contributed by atoms with E-state index in [1.165, 1.54) is 0 Å². The van der Waals surface area contributed by atoms with Crippen LogP contribution in [0.1, 0.15) is 73.6 Å². The van der Waals surface area contributed by atoms with E-state index < -0.39 is 17.6 Å². The van der Waals surface area contributed by atoms with Gasteiger partial charge in [-0.3, -0.25) is 0 Å². The Kier molecular flexibility index (Phi) is 26.9. The average Bonchev–Trinajstić information content (AvgIpc) is 2.78. The zero-order valence-electron chi connectivity index (χ0n) is 20.8. The molecule has 0 radical (unpaired) electrons. The van der Waals surface area contributed by atoms with Crippen LogP contribution in [-0.2, 0) is 26.6 Å². The predicted octanol–water partition coefficient (Wildman–Crippen LogP) is 6.81. The Morgan fingerprint density at radius 2 is 0.774 bits per heavy atom. The van der Waals surface area contributed by atoms with Gasteiger partial charge in [0, 0.05) is 62.4 Å². The summed E-state index contributed by atoms with van der Waals surface area (Å²) in [5.74, 6) is 0. The number of hydrogen-bond acceptors (Lipinski definition) is 6. The molecular weight excluding hydrogens is 564 g/mol. The fourth-order valence-corrected chi connectivity index (χ4v) is 9.73. The molecule has 10 heteroatoms. The third-order valence-corrected chi connectivity index (χ3v) is 11.1. The van der Waals surface area contributed by atoms with E-state index in [1.807, 2.05) is 20.8 Å². The molecule has 0 bridgehead atoms. The second-order valence-corrected chi connectivity index (χ2v) is 13.8. The van der Waals surface area contributed by atoms with Crippen molar-refractivity contribution in [2.24, 2.45) is 0 Å². The van der Waals surface area contributed by atoms with Gasteiger partial charge in [0.05, 0.1) is 0 Å². The van der Waals surface area contributed by atoms with E-state index in [1.54, 1.807) is 0 Å². The molecule has 0 unspecified atom stereocenters. The lowest BCUT2D eigenvalue weighted by molar-refractivity contribution is 0.0591. The highest BCUT2D eigenvalue weighted by molar-refractivity contribution is 9.09. The van der Waals surface area contributed by atoms with Gasteiger partial charge in [0.1, 0.15) is 0 Å². The minimum Gasteiger partial charge on any atom is -0.374 e. The van der Waals surface area contributed by atoms with Crippen LogP contribution in [0.15, 0.2) is 0 Å². The molecule has 0 heterocycles. The van der Waals surface area contributed by atoms with Crippen LogP contribution >= 0.6 is 31.9 Å². The first-order valence-electron chi connectivity index (χ1n) is 11.9. The molecule has 0 fully saturated rings.